The normalized spacial score (nSPS) is 29.2. The summed E-state index contributed by atoms with van der Waals surface area (Å²) in [5, 5.41) is 12.8. The van der Waals surface area contributed by atoms with Crippen LogP contribution in [-0.4, -0.2) is 35.4 Å². The van der Waals surface area contributed by atoms with Gasteiger partial charge in [0.15, 0.2) is 0 Å². The molecule has 1 heterocycles. The van der Waals surface area contributed by atoms with E-state index in [0.29, 0.717) is 17.9 Å². The standard InChI is InChI=1S/C19H28N2O/c1-5-17(22)20-18-15-11-21(12-16(15)18)10-13-6-8-14(9-7-13)19(2,3)4/h5-9,15-18,20,22H,1,10-12H2,2-4H3/t15-,16+,17?,18?. The van der Waals surface area contributed by atoms with Gasteiger partial charge in [0, 0.05) is 25.7 Å². The summed E-state index contributed by atoms with van der Waals surface area (Å²) in [6.45, 7) is 13.7. The average Bonchev–Trinajstić information content (AvgIpc) is 2.92. The lowest BCUT2D eigenvalue weighted by atomic mass is 9.87. The summed E-state index contributed by atoms with van der Waals surface area (Å²) in [6.07, 6.45) is 0.997. The number of likely N-dealkylation sites (tertiary alicyclic amines) is 1. The van der Waals surface area contributed by atoms with Gasteiger partial charge in [-0.3, -0.25) is 10.2 Å². The molecule has 2 aliphatic rings. The summed E-state index contributed by atoms with van der Waals surface area (Å²) in [5.74, 6) is 1.40. The molecule has 3 heteroatoms. The first kappa shape index (κ1) is 15.7. The summed E-state index contributed by atoms with van der Waals surface area (Å²) < 4.78 is 0. The average molecular weight is 300 g/mol. The Morgan fingerprint density at radius 3 is 2.36 bits per heavy atom. The van der Waals surface area contributed by atoms with Crippen LogP contribution in [0.15, 0.2) is 36.9 Å². The van der Waals surface area contributed by atoms with Crippen LogP contribution < -0.4 is 5.32 Å². The van der Waals surface area contributed by atoms with Crippen molar-refractivity contribution in [2.75, 3.05) is 13.1 Å². The molecule has 0 bridgehead atoms. The quantitative estimate of drug-likeness (QED) is 0.648. The van der Waals surface area contributed by atoms with Crippen molar-refractivity contribution < 1.29 is 5.11 Å². The Hall–Kier alpha value is -1.16. The number of piperidine rings is 1. The van der Waals surface area contributed by atoms with Crippen LogP contribution in [0.5, 0.6) is 0 Å². The van der Waals surface area contributed by atoms with E-state index in [1.807, 2.05) is 0 Å². The zero-order chi connectivity index (χ0) is 15.9. The molecule has 4 atom stereocenters. The number of aliphatic hydroxyl groups excluding tert-OH is 1. The molecule has 1 saturated carbocycles. The second-order valence-electron chi connectivity index (χ2n) is 7.84. The van der Waals surface area contributed by atoms with Gasteiger partial charge in [-0.05, 0) is 34.5 Å². The van der Waals surface area contributed by atoms with Gasteiger partial charge in [0.1, 0.15) is 6.23 Å². The zero-order valence-electron chi connectivity index (χ0n) is 13.9. The van der Waals surface area contributed by atoms with Gasteiger partial charge in [-0.25, -0.2) is 0 Å². The van der Waals surface area contributed by atoms with E-state index < -0.39 is 6.23 Å². The van der Waals surface area contributed by atoms with Crippen molar-refractivity contribution in [2.45, 2.75) is 45.0 Å². The number of nitrogens with one attached hydrogen (secondary N) is 1. The van der Waals surface area contributed by atoms with Gasteiger partial charge >= 0.3 is 0 Å². The molecule has 2 fully saturated rings. The lowest BCUT2D eigenvalue weighted by Crippen LogP contribution is -2.35. The second-order valence-corrected chi connectivity index (χ2v) is 7.84. The van der Waals surface area contributed by atoms with Gasteiger partial charge in [0.2, 0.25) is 0 Å². The van der Waals surface area contributed by atoms with Crippen molar-refractivity contribution in [1.82, 2.24) is 10.2 Å². The monoisotopic (exact) mass is 300 g/mol. The smallest absolute Gasteiger partial charge is 0.124 e. The van der Waals surface area contributed by atoms with Gasteiger partial charge < -0.3 is 5.11 Å². The van der Waals surface area contributed by atoms with Crippen LogP contribution in [0.2, 0.25) is 0 Å². The fourth-order valence-corrected chi connectivity index (χ4v) is 3.62. The topological polar surface area (TPSA) is 35.5 Å². The molecule has 2 N–H and O–H groups in total. The van der Waals surface area contributed by atoms with E-state index in [1.165, 1.54) is 11.1 Å². The number of aliphatic hydroxyl groups is 1. The molecule has 3 rings (SSSR count). The fourth-order valence-electron chi connectivity index (χ4n) is 3.62. The van der Waals surface area contributed by atoms with Crippen LogP contribution in [0.1, 0.15) is 31.9 Å². The van der Waals surface area contributed by atoms with E-state index >= 15 is 0 Å². The number of fused-ring (bicyclic) bond motifs is 1. The number of hydrogen-bond donors (Lipinski definition) is 2. The Kier molecular flexibility index (Phi) is 4.15. The van der Waals surface area contributed by atoms with Crippen molar-refractivity contribution in [3.63, 3.8) is 0 Å². The molecule has 2 unspecified atom stereocenters. The molecule has 1 aliphatic heterocycles. The van der Waals surface area contributed by atoms with Crippen molar-refractivity contribution in [2.24, 2.45) is 11.8 Å². The summed E-state index contributed by atoms with van der Waals surface area (Å²) >= 11 is 0. The van der Waals surface area contributed by atoms with Crippen LogP contribution in [0.4, 0.5) is 0 Å². The van der Waals surface area contributed by atoms with E-state index in [-0.39, 0.29) is 5.41 Å². The van der Waals surface area contributed by atoms with Crippen LogP contribution in [-0.2, 0) is 12.0 Å². The lowest BCUT2D eigenvalue weighted by Gasteiger charge is -2.22. The largest absolute Gasteiger partial charge is 0.375 e. The highest BCUT2D eigenvalue weighted by Crippen LogP contribution is 2.46. The highest BCUT2D eigenvalue weighted by atomic mass is 16.3. The van der Waals surface area contributed by atoms with E-state index in [0.717, 1.165) is 19.6 Å². The zero-order valence-corrected chi connectivity index (χ0v) is 13.9. The van der Waals surface area contributed by atoms with Crippen LogP contribution >= 0.6 is 0 Å². The first-order valence-corrected chi connectivity index (χ1v) is 8.27. The minimum absolute atomic E-state index is 0.221. The Bertz CT molecular complexity index is 519. The van der Waals surface area contributed by atoms with Crippen molar-refractivity contribution in [1.29, 1.82) is 0 Å². The molecule has 22 heavy (non-hydrogen) atoms. The molecular formula is C19H28N2O. The van der Waals surface area contributed by atoms with Gasteiger partial charge in [-0.2, -0.15) is 0 Å². The Morgan fingerprint density at radius 1 is 1.27 bits per heavy atom. The van der Waals surface area contributed by atoms with Gasteiger partial charge in [0.05, 0.1) is 0 Å². The Labute approximate surface area is 134 Å². The summed E-state index contributed by atoms with van der Waals surface area (Å²) in [5.41, 5.74) is 3.01. The predicted molar refractivity (Wildman–Crippen MR) is 90.5 cm³/mol. The van der Waals surface area contributed by atoms with Crippen LogP contribution in [0.25, 0.3) is 0 Å². The lowest BCUT2D eigenvalue weighted by molar-refractivity contribution is 0.170. The van der Waals surface area contributed by atoms with Crippen molar-refractivity contribution >= 4 is 0 Å². The molecule has 1 aliphatic carbocycles. The number of hydrogen-bond acceptors (Lipinski definition) is 3. The van der Waals surface area contributed by atoms with E-state index in [4.69, 9.17) is 0 Å². The highest BCUT2D eigenvalue weighted by Gasteiger charge is 2.55. The molecule has 1 aromatic rings. The predicted octanol–water partition coefficient (Wildman–Crippen LogP) is 2.51. The van der Waals surface area contributed by atoms with E-state index in [2.05, 4.69) is 61.8 Å². The fraction of sp³-hybridized carbons (Fsp3) is 0.579. The minimum atomic E-state index is -0.561. The molecule has 120 valence electrons. The SMILES string of the molecule is C=CC(O)NC1[C@H]2CN(Cc3ccc(C(C)(C)C)cc3)C[C@@H]12. The van der Waals surface area contributed by atoms with Gasteiger partial charge in [0.25, 0.3) is 0 Å². The number of nitrogens with zero attached hydrogens (tertiary/aromatic N) is 1. The first-order chi connectivity index (χ1) is 10.4. The number of benzene rings is 1. The van der Waals surface area contributed by atoms with Crippen LogP contribution in [0, 0.1) is 11.8 Å². The molecule has 0 radical (unpaired) electrons. The highest BCUT2D eigenvalue weighted by molar-refractivity contribution is 5.27. The number of rotatable bonds is 5. The second kappa shape index (κ2) is 5.80. The first-order valence-electron chi connectivity index (χ1n) is 8.27. The molecule has 1 saturated heterocycles. The Balaban J connectivity index is 1.50. The maximum atomic E-state index is 9.57. The van der Waals surface area contributed by atoms with Crippen molar-refractivity contribution in [3.8, 4) is 0 Å². The molecule has 0 amide bonds. The Morgan fingerprint density at radius 2 is 1.86 bits per heavy atom. The minimum Gasteiger partial charge on any atom is -0.375 e. The third-order valence-electron chi connectivity index (χ3n) is 5.08. The maximum Gasteiger partial charge on any atom is 0.124 e. The molecule has 0 aromatic heterocycles. The third kappa shape index (κ3) is 3.27. The summed E-state index contributed by atoms with van der Waals surface area (Å²) in [4.78, 5) is 2.53. The molecule has 1 aromatic carbocycles. The van der Waals surface area contributed by atoms with Gasteiger partial charge in [-0.1, -0.05) is 51.6 Å². The summed E-state index contributed by atoms with van der Waals surface area (Å²) in [7, 11) is 0. The van der Waals surface area contributed by atoms with E-state index in [9.17, 15) is 5.11 Å². The third-order valence-corrected chi connectivity index (χ3v) is 5.08. The van der Waals surface area contributed by atoms with Crippen molar-refractivity contribution in [3.05, 3.63) is 48.0 Å². The maximum absolute atomic E-state index is 9.57. The summed E-state index contributed by atoms with van der Waals surface area (Å²) in [6, 6.07) is 9.53. The molecule has 0 spiro atoms. The van der Waals surface area contributed by atoms with E-state index in [1.54, 1.807) is 6.08 Å². The van der Waals surface area contributed by atoms with Gasteiger partial charge in [-0.15, -0.1) is 0 Å². The molecular weight excluding hydrogens is 272 g/mol. The molecule has 3 nitrogen and oxygen atoms in total. The van der Waals surface area contributed by atoms with Crippen LogP contribution in [0.3, 0.4) is 0 Å².